The number of aliphatic hydroxyl groups excluding tert-OH is 2. The van der Waals surface area contributed by atoms with Crippen molar-refractivity contribution in [3.8, 4) is 0 Å². The fourth-order valence-electron chi connectivity index (χ4n) is 1.07. The van der Waals surface area contributed by atoms with Crippen LogP contribution in [0.15, 0.2) is 18.3 Å². The maximum Gasteiger partial charge on any atom is 0.337 e. The maximum atomic E-state index is 10.9. The van der Waals surface area contributed by atoms with E-state index in [1.54, 1.807) is 18.3 Å². The Kier molecular flexibility index (Phi) is 3.76. The van der Waals surface area contributed by atoms with Crippen LogP contribution >= 0.6 is 0 Å². The predicted molar refractivity (Wildman–Crippen MR) is 52.0 cm³/mol. The first-order chi connectivity index (χ1) is 7.06. The van der Waals surface area contributed by atoms with Gasteiger partial charge in [-0.15, -0.1) is 0 Å². The SMILES string of the molecule is COC(=O)C(O)C(O)c1ccc(C)cn1. The molecule has 0 aliphatic rings. The molecule has 0 saturated carbocycles. The number of carbonyl (C=O) groups excluding carboxylic acids is 1. The van der Waals surface area contributed by atoms with E-state index in [9.17, 15) is 15.0 Å². The van der Waals surface area contributed by atoms with Gasteiger partial charge in [0.2, 0.25) is 0 Å². The third-order valence-corrected chi connectivity index (χ3v) is 1.98. The van der Waals surface area contributed by atoms with Crippen molar-refractivity contribution in [2.24, 2.45) is 0 Å². The number of hydrogen-bond donors (Lipinski definition) is 2. The van der Waals surface area contributed by atoms with Gasteiger partial charge in [0.1, 0.15) is 6.10 Å². The fourth-order valence-corrected chi connectivity index (χ4v) is 1.07. The standard InChI is InChI=1S/C10H13NO4/c1-6-3-4-7(11-5-6)8(12)9(13)10(14)15-2/h3-5,8-9,12-13H,1-2H3. The van der Waals surface area contributed by atoms with Gasteiger partial charge in [0.25, 0.3) is 0 Å². The molecule has 0 aliphatic heterocycles. The topological polar surface area (TPSA) is 79.7 Å². The Morgan fingerprint density at radius 1 is 1.47 bits per heavy atom. The number of ether oxygens (including phenoxy) is 1. The number of hydrogen-bond acceptors (Lipinski definition) is 5. The number of aryl methyl sites for hydroxylation is 1. The van der Waals surface area contributed by atoms with Gasteiger partial charge >= 0.3 is 5.97 Å². The zero-order chi connectivity index (χ0) is 11.4. The zero-order valence-electron chi connectivity index (χ0n) is 8.54. The number of methoxy groups -OCH3 is 1. The van der Waals surface area contributed by atoms with E-state index in [0.717, 1.165) is 12.7 Å². The molecule has 1 aromatic rings. The molecule has 2 atom stereocenters. The molecular formula is C10H13NO4. The molecule has 0 fully saturated rings. The quantitative estimate of drug-likeness (QED) is 0.685. The highest BCUT2D eigenvalue weighted by Crippen LogP contribution is 2.15. The summed E-state index contributed by atoms with van der Waals surface area (Å²) in [6, 6.07) is 3.28. The molecule has 1 heterocycles. The van der Waals surface area contributed by atoms with Crippen molar-refractivity contribution in [2.75, 3.05) is 7.11 Å². The largest absolute Gasteiger partial charge is 0.467 e. The van der Waals surface area contributed by atoms with Gasteiger partial charge in [0, 0.05) is 6.20 Å². The van der Waals surface area contributed by atoms with E-state index in [0.29, 0.717) is 0 Å². The van der Waals surface area contributed by atoms with E-state index >= 15 is 0 Å². The third-order valence-electron chi connectivity index (χ3n) is 1.98. The van der Waals surface area contributed by atoms with Gasteiger partial charge in [0.15, 0.2) is 6.10 Å². The van der Waals surface area contributed by atoms with Crippen LogP contribution in [0.4, 0.5) is 0 Å². The molecule has 1 rings (SSSR count). The molecular weight excluding hydrogens is 198 g/mol. The van der Waals surface area contributed by atoms with Crippen molar-refractivity contribution in [1.29, 1.82) is 0 Å². The van der Waals surface area contributed by atoms with Crippen LogP contribution in [0.2, 0.25) is 0 Å². The average Bonchev–Trinajstić information content (AvgIpc) is 2.27. The highest BCUT2D eigenvalue weighted by molar-refractivity contribution is 5.75. The predicted octanol–water partition coefficient (Wildman–Crippen LogP) is -0.0427. The van der Waals surface area contributed by atoms with E-state index in [4.69, 9.17) is 0 Å². The number of pyridine rings is 1. The molecule has 0 saturated heterocycles. The molecule has 0 aromatic carbocycles. The lowest BCUT2D eigenvalue weighted by Gasteiger charge is -2.14. The van der Waals surface area contributed by atoms with Crippen molar-refractivity contribution in [3.63, 3.8) is 0 Å². The van der Waals surface area contributed by atoms with Crippen molar-refractivity contribution in [3.05, 3.63) is 29.6 Å². The van der Waals surface area contributed by atoms with Gasteiger partial charge < -0.3 is 14.9 Å². The minimum absolute atomic E-state index is 0.235. The molecule has 0 spiro atoms. The number of nitrogens with zero attached hydrogens (tertiary/aromatic N) is 1. The first-order valence-corrected chi connectivity index (χ1v) is 4.42. The second-order valence-corrected chi connectivity index (χ2v) is 3.17. The van der Waals surface area contributed by atoms with Crippen LogP contribution in [0, 0.1) is 6.92 Å². The molecule has 0 aliphatic carbocycles. The Morgan fingerprint density at radius 2 is 2.13 bits per heavy atom. The van der Waals surface area contributed by atoms with Crippen LogP contribution in [0.5, 0.6) is 0 Å². The normalized spacial score (nSPS) is 14.4. The minimum atomic E-state index is -1.61. The van der Waals surface area contributed by atoms with Crippen molar-refractivity contribution < 1.29 is 19.7 Å². The van der Waals surface area contributed by atoms with Gasteiger partial charge in [-0.25, -0.2) is 4.79 Å². The molecule has 1 aromatic heterocycles. The lowest BCUT2D eigenvalue weighted by atomic mass is 10.1. The third kappa shape index (κ3) is 2.74. The molecule has 15 heavy (non-hydrogen) atoms. The van der Waals surface area contributed by atoms with Crippen molar-refractivity contribution >= 4 is 5.97 Å². The summed E-state index contributed by atoms with van der Waals surface area (Å²) in [5.74, 6) is -0.884. The van der Waals surface area contributed by atoms with Crippen molar-refractivity contribution in [2.45, 2.75) is 19.1 Å². The van der Waals surface area contributed by atoms with Crippen LogP contribution in [0.25, 0.3) is 0 Å². The Hall–Kier alpha value is -1.46. The Morgan fingerprint density at radius 3 is 2.60 bits per heavy atom. The van der Waals surface area contributed by atoms with Gasteiger partial charge in [-0.2, -0.15) is 0 Å². The van der Waals surface area contributed by atoms with Crippen LogP contribution < -0.4 is 0 Å². The van der Waals surface area contributed by atoms with Gasteiger partial charge in [-0.1, -0.05) is 6.07 Å². The number of aliphatic hydroxyl groups is 2. The first-order valence-electron chi connectivity index (χ1n) is 4.42. The van der Waals surface area contributed by atoms with Gasteiger partial charge in [0.05, 0.1) is 12.8 Å². The highest BCUT2D eigenvalue weighted by Gasteiger charge is 2.27. The number of carbonyl (C=O) groups is 1. The fraction of sp³-hybridized carbons (Fsp3) is 0.400. The molecule has 0 radical (unpaired) electrons. The van der Waals surface area contributed by atoms with E-state index in [-0.39, 0.29) is 5.69 Å². The van der Waals surface area contributed by atoms with Crippen LogP contribution in [0.3, 0.4) is 0 Å². The summed E-state index contributed by atoms with van der Waals surface area (Å²) in [6.07, 6.45) is -1.43. The number of rotatable bonds is 3. The van der Waals surface area contributed by atoms with E-state index in [2.05, 4.69) is 9.72 Å². The number of aromatic nitrogens is 1. The monoisotopic (exact) mass is 211 g/mol. The summed E-state index contributed by atoms with van der Waals surface area (Å²) in [4.78, 5) is 14.8. The molecule has 5 nitrogen and oxygen atoms in total. The highest BCUT2D eigenvalue weighted by atomic mass is 16.5. The van der Waals surface area contributed by atoms with Crippen molar-refractivity contribution in [1.82, 2.24) is 4.98 Å². The van der Waals surface area contributed by atoms with Crippen LogP contribution in [-0.4, -0.2) is 34.4 Å². The Balaban J connectivity index is 2.80. The summed E-state index contributed by atoms with van der Waals surface area (Å²) in [5, 5.41) is 18.9. The molecule has 0 bridgehead atoms. The summed E-state index contributed by atoms with van der Waals surface area (Å²) >= 11 is 0. The van der Waals surface area contributed by atoms with Gasteiger partial charge in [-0.05, 0) is 18.6 Å². The average molecular weight is 211 g/mol. The zero-order valence-corrected chi connectivity index (χ0v) is 8.54. The minimum Gasteiger partial charge on any atom is -0.467 e. The molecule has 2 N–H and O–H groups in total. The van der Waals surface area contributed by atoms with E-state index < -0.39 is 18.2 Å². The second kappa shape index (κ2) is 4.86. The molecule has 2 unspecified atom stereocenters. The number of esters is 1. The molecule has 82 valence electrons. The summed E-state index contributed by atoms with van der Waals surface area (Å²) in [5.41, 5.74) is 1.16. The van der Waals surface area contributed by atoms with Gasteiger partial charge in [-0.3, -0.25) is 4.98 Å². The smallest absolute Gasteiger partial charge is 0.337 e. The van der Waals surface area contributed by atoms with E-state index in [1.807, 2.05) is 6.92 Å². The lowest BCUT2D eigenvalue weighted by molar-refractivity contribution is -0.157. The molecule has 0 amide bonds. The lowest BCUT2D eigenvalue weighted by Crippen LogP contribution is -2.29. The van der Waals surface area contributed by atoms with Crippen LogP contribution in [-0.2, 0) is 9.53 Å². The summed E-state index contributed by atoms with van der Waals surface area (Å²) in [7, 11) is 1.14. The Bertz CT molecular complexity index is 336. The second-order valence-electron chi connectivity index (χ2n) is 3.17. The summed E-state index contributed by atoms with van der Waals surface area (Å²) < 4.78 is 4.30. The maximum absolute atomic E-state index is 10.9. The Labute approximate surface area is 87.3 Å². The molecule has 5 heteroatoms. The summed E-state index contributed by atoms with van der Waals surface area (Å²) in [6.45, 7) is 1.85. The van der Waals surface area contributed by atoms with Crippen LogP contribution in [0.1, 0.15) is 17.4 Å². The first kappa shape index (κ1) is 11.6. The van der Waals surface area contributed by atoms with E-state index in [1.165, 1.54) is 0 Å².